The van der Waals surface area contributed by atoms with Crippen LogP contribution < -0.4 is 0 Å². The third kappa shape index (κ3) is 5.53. The van der Waals surface area contributed by atoms with E-state index in [1.165, 1.54) is 24.0 Å². The van der Waals surface area contributed by atoms with Gasteiger partial charge >= 0.3 is 0 Å². The normalized spacial score (nSPS) is 12.2. The minimum absolute atomic E-state index is 0. The molecule has 0 aliphatic carbocycles. The fourth-order valence-corrected chi connectivity index (χ4v) is 3.33. The van der Waals surface area contributed by atoms with Gasteiger partial charge in [0.15, 0.2) is 0 Å². The van der Waals surface area contributed by atoms with Crippen LogP contribution in [0.15, 0.2) is 60.7 Å². The molecule has 1 atom stereocenters. The van der Waals surface area contributed by atoms with Crippen LogP contribution in [-0.2, 0) is 0 Å². The molecule has 0 fully saturated rings. The average Bonchev–Trinajstić information content (AvgIpc) is 2.56. The van der Waals surface area contributed by atoms with Crippen molar-refractivity contribution in [3.05, 3.63) is 71.8 Å². The van der Waals surface area contributed by atoms with Crippen molar-refractivity contribution < 1.29 is 0 Å². The summed E-state index contributed by atoms with van der Waals surface area (Å²) in [4.78, 5) is 2.54. The molecule has 0 aromatic heterocycles. The van der Waals surface area contributed by atoms with E-state index in [0.717, 1.165) is 6.54 Å². The summed E-state index contributed by atoms with van der Waals surface area (Å²) in [5.74, 6) is 0.657. The molecule has 0 heterocycles. The van der Waals surface area contributed by atoms with E-state index < -0.39 is 0 Å². The lowest BCUT2D eigenvalue weighted by atomic mass is 9.95. The topological polar surface area (TPSA) is 3.24 Å². The highest BCUT2D eigenvalue weighted by molar-refractivity contribution is 6.18. The monoisotopic (exact) mass is 351 g/mol. The van der Waals surface area contributed by atoms with Crippen molar-refractivity contribution in [2.75, 3.05) is 12.4 Å². The standard InChI is InChI=1S/C20H26ClN.ClH/c1-3-10-17(2)22(16-15-21)20(18-11-6-4-7-12-18)19-13-8-5-9-14-19;/h4-9,11-14,17,20H,3,10,15-16H2,1-2H3;1H. The molecule has 0 bridgehead atoms. The molecule has 0 N–H and O–H groups in total. The first-order valence-electron chi connectivity index (χ1n) is 8.19. The lowest BCUT2D eigenvalue weighted by Gasteiger charge is -2.37. The van der Waals surface area contributed by atoms with E-state index in [2.05, 4.69) is 79.4 Å². The molecule has 1 nitrogen and oxygen atoms in total. The molecule has 0 amide bonds. The molecule has 1 unspecified atom stereocenters. The molecule has 126 valence electrons. The van der Waals surface area contributed by atoms with Gasteiger partial charge in [0.25, 0.3) is 0 Å². The van der Waals surface area contributed by atoms with Crippen LogP contribution in [0.4, 0.5) is 0 Å². The zero-order valence-electron chi connectivity index (χ0n) is 14.0. The Morgan fingerprint density at radius 3 is 1.78 bits per heavy atom. The first-order chi connectivity index (χ1) is 10.8. The Balaban J connectivity index is 0.00000264. The molecule has 23 heavy (non-hydrogen) atoms. The highest BCUT2D eigenvalue weighted by Crippen LogP contribution is 2.31. The smallest absolute Gasteiger partial charge is 0.0604 e. The zero-order valence-corrected chi connectivity index (χ0v) is 15.6. The predicted octanol–water partition coefficient (Wildman–Crippen LogP) is 5.93. The van der Waals surface area contributed by atoms with E-state index >= 15 is 0 Å². The van der Waals surface area contributed by atoms with Crippen molar-refractivity contribution in [2.24, 2.45) is 0 Å². The third-order valence-corrected chi connectivity index (χ3v) is 4.35. The van der Waals surface area contributed by atoms with Crippen molar-refractivity contribution in [1.82, 2.24) is 4.90 Å². The number of rotatable bonds is 8. The molecule has 0 aliphatic rings. The van der Waals surface area contributed by atoms with Gasteiger partial charge in [-0.05, 0) is 24.5 Å². The number of benzene rings is 2. The molecule has 0 saturated heterocycles. The van der Waals surface area contributed by atoms with E-state index in [1.54, 1.807) is 0 Å². The van der Waals surface area contributed by atoms with Gasteiger partial charge in [-0.2, -0.15) is 0 Å². The van der Waals surface area contributed by atoms with Crippen molar-refractivity contribution in [3.63, 3.8) is 0 Å². The van der Waals surface area contributed by atoms with E-state index in [-0.39, 0.29) is 18.4 Å². The molecular formula is C20H27Cl2N. The fraction of sp³-hybridized carbons (Fsp3) is 0.400. The number of nitrogens with zero attached hydrogens (tertiary/aromatic N) is 1. The number of hydrogen-bond acceptors (Lipinski definition) is 1. The van der Waals surface area contributed by atoms with Crippen molar-refractivity contribution in [2.45, 2.75) is 38.8 Å². The lowest BCUT2D eigenvalue weighted by Crippen LogP contribution is -2.38. The molecule has 0 aliphatic heterocycles. The van der Waals surface area contributed by atoms with Crippen LogP contribution in [0.5, 0.6) is 0 Å². The molecule has 2 rings (SSSR count). The second kappa shape index (κ2) is 10.7. The molecule has 3 heteroatoms. The summed E-state index contributed by atoms with van der Waals surface area (Å²) in [7, 11) is 0. The van der Waals surface area contributed by atoms with Gasteiger partial charge in [0.2, 0.25) is 0 Å². The SMILES string of the molecule is CCCC(C)N(CCCl)C(c1ccccc1)c1ccccc1.Cl. The van der Waals surface area contributed by atoms with Gasteiger partial charge in [0.05, 0.1) is 6.04 Å². The summed E-state index contributed by atoms with van der Waals surface area (Å²) in [6.45, 7) is 5.46. The summed E-state index contributed by atoms with van der Waals surface area (Å²) in [6, 6.07) is 22.3. The lowest BCUT2D eigenvalue weighted by molar-refractivity contribution is 0.168. The van der Waals surface area contributed by atoms with E-state index in [1.807, 2.05) is 0 Å². The Hall–Kier alpha value is -1.02. The first-order valence-corrected chi connectivity index (χ1v) is 8.73. The van der Waals surface area contributed by atoms with Crippen LogP contribution >= 0.6 is 24.0 Å². The van der Waals surface area contributed by atoms with Gasteiger partial charge < -0.3 is 0 Å². The Kier molecular flexibility index (Phi) is 9.31. The van der Waals surface area contributed by atoms with Gasteiger partial charge in [-0.15, -0.1) is 24.0 Å². The molecular weight excluding hydrogens is 325 g/mol. The van der Waals surface area contributed by atoms with Crippen molar-refractivity contribution in [1.29, 1.82) is 0 Å². The minimum atomic E-state index is 0. The first kappa shape index (κ1) is 20.0. The van der Waals surface area contributed by atoms with E-state index in [9.17, 15) is 0 Å². The van der Waals surface area contributed by atoms with Crippen molar-refractivity contribution >= 4 is 24.0 Å². The molecule has 0 saturated carbocycles. The largest absolute Gasteiger partial charge is 0.288 e. The van der Waals surface area contributed by atoms with E-state index in [0.29, 0.717) is 11.9 Å². The average molecular weight is 352 g/mol. The van der Waals surface area contributed by atoms with Crippen molar-refractivity contribution in [3.8, 4) is 0 Å². The van der Waals surface area contributed by atoms with Crippen LogP contribution in [0, 0.1) is 0 Å². The zero-order chi connectivity index (χ0) is 15.8. The molecule has 0 spiro atoms. The van der Waals surface area contributed by atoms with Gasteiger partial charge in [0.1, 0.15) is 0 Å². The maximum atomic E-state index is 6.12. The second-order valence-corrected chi connectivity index (χ2v) is 6.17. The molecule has 2 aromatic carbocycles. The number of halogens is 2. The summed E-state index contributed by atoms with van der Waals surface area (Å²) in [5, 5.41) is 0. The summed E-state index contributed by atoms with van der Waals surface area (Å²) in [5.41, 5.74) is 2.67. The van der Waals surface area contributed by atoms with E-state index in [4.69, 9.17) is 11.6 Å². The molecule has 2 aromatic rings. The second-order valence-electron chi connectivity index (χ2n) is 5.79. The molecule has 0 radical (unpaired) electrons. The Labute approximate surface area is 152 Å². The number of hydrogen-bond donors (Lipinski definition) is 0. The van der Waals surface area contributed by atoms with Gasteiger partial charge in [-0.1, -0.05) is 74.0 Å². The van der Waals surface area contributed by atoms with Gasteiger partial charge in [-0.25, -0.2) is 0 Å². The summed E-state index contributed by atoms with van der Waals surface area (Å²) in [6.07, 6.45) is 2.38. The Morgan fingerprint density at radius 2 is 1.39 bits per heavy atom. The highest BCUT2D eigenvalue weighted by Gasteiger charge is 2.25. The summed E-state index contributed by atoms with van der Waals surface area (Å²) >= 11 is 6.12. The van der Waals surface area contributed by atoms with Crippen LogP contribution in [-0.4, -0.2) is 23.4 Å². The summed E-state index contributed by atoms with van der Waals surface area (Å²) < 4.78 is 0. The quantitative estimate of drug-likeness (QED) is 0.533. The maximum absolute atomic E-state index is 6.12. The third-order valence-electron chi connectivity index (χ3n) is 4.18. The van der Waals surface area contributed by atoms with Crippen LogP contribution in [0.3, 0.4) is 0 Å². The van der Waals surface area contributed by atoms with Gasteiger partial charge in [-0.3, -0.25) is 4.90 Å². The maximum Gasteiger partial charge on any atom is 0.0604 e. The Bertz CT molecular complexity index is 490. The fourth-order valence-electron chi connectivity index (χ4n) is 3.13. The van der Waals surface area contributed by atoms with Crippen LogP contribution in [0.25, 0.3) is 0 Å². The minimum Gasteiger partial charge on any atom is -0.288 e. The number of alkyl halides is 1. The van der Waals surface area contributed by atoms with Crippen LogP contribution in [0.1, 0.15) is 43.9 Å². The Morgan fingerprint density at radius 1 is 0.913 bits per heavy atom. The van der Waals surface area contributed by atoms with Crippen LogP contribution in [0.2, 0.25) is 0 Å². The highest BCUT2D eigenvalue weighted by atomic mass is 35.5. The predicted molar refractivity (Wildman–Crippen MR) is 104 cm³/mol. The van der Waals surface area contributed by atoms with Gasteiger partial charge in [0, 0.05) is 18.5 Å².